The van der Waals surface area contributed by atoms with Crippen LogP contribution in [0.2, 0.25) is 0 Å². The molecule has 0 saturated carbocycles. The fourth-order valence-corrected chi connectivity index (χ4v) is 3.53. The summed E-state index contributed by atoms with van der Waals surface area (Å²) in [5.74, 6) is 0.543. The number of amides is 2. The van der Waals surface area contributed by atoms with Gasteiger partial charge in [-0.2, -0.15) is 0 Å². The van der Waals surface area contributed by atoms with Gasteiger partial charge in [0.1, 0.15) is 6.54 Å². The lowest BCUT2D eigenvalue weighted by atomic mass is 10.2. The Bertz CT molecular complexity index is 657. The summed E-state index contributed by atoms with van der Waals surface area (Å²) in [7, 11) is 0. The Morgan fingerprint density at radius 2 is 2.14 bits per heavy atom. The molecule has 1 aromatic carbocycles. The first-order valence-electron chi connectivity index (χ1n) is 6.45. The summed E-state index contributed by atoms with van der Waals surface area (Å²) < 4.78 is 0. The predicted octanol–water partition coefficient (Wildman–Crippen LogP) is 2.92. The van der Waals surface area contributed by atoms with Gasteiger partial charge in [0, 0.05) is 23.2 Å². The van der Waals surface area contributed by atoms with E-state index >= 15 is 0 Å². The average Bonchev–Trinajstić information content (AvgIpc) is 3.10. The lowest BCUT2D eigenvalue weighted by molar-refractivity contribution is -0.116. The van der Waals surface area contributed by atoms with Crippen molar-refractivity contribution >= 4 is 39.4 Å². The van der Waals surface area contributed by atoms with Crippen LogP contribution in [0.4, 0.5) is 9.93 Å². The minimum atomic E-state index is -0.209. The van der Waals surface area contributed by atoms with Crippen LogP contribution in [-0.4, -0.2) is 39.9 Å². The van der Waals surface area contributed by atoms with Gasteiger partial charge in [0.25, 0.3) is 5.24 Å². The van der Waals surface area contributed by atoms with Gasteiger partial charge in [0.2, 0.25) is 5.91 Å². The molecule has 2 heterocycles. The van der Waals surface area contributed by atoms with Gasteiger partial charge < -0.3 is 10.2 Å². The summed E-state index contributed by atoms with van der Waals surface area (Å²) in [4.78, 5) is 29.3. The third-order valence-electron chi connectivity index (χ3n) is 3.00. The van der Waals surface area contributed by atoms with Crippen LogP contribution in [0.5, 0.6) is 0 Å². The number of thioether (sulfide) groups is 1. The second-order valence-electron chi connectivity index (χ2n) is 4.49. The topological polar surface area (TPSA) is 62.3 Å². The number of nitrogens with one attached hydrogen (secondary N) is 1. The minimum absolute atomic E-state index is 0.0331. The molecular formula is C14H13N3O2S2. The van der Waals surface area contributed by atoms with E-state index in [1.165, 1.54) is 23.1 Å². The van der Waals surface area contributed by atoms with Gasteiger partial charge in [0.05, 0.1) is 5.69 Å². The Labute approximate surface area is 130 Å². The van der Waals surface area contributed by atoms with E-state index in [-0.39, 0.29) is 17.7 Å². The van der Waals surface area contributed by atoms with Gasteiger partial charge in [-0.15, -0.1) is 11.3 Å². The number of hydrogen-bond donors (Lipinski definition) is 1. The number of hydrogen-bond acceptors (Lipinski definition) is 5. The molecule has 108 valence electrons. The summed E-state index contributed by atoms with van der Waals surface area (Å²) in [6, 6.07) is 9.79. The van der Waals surface area contributed by atoms with E-state index in [0.29, 0.717) is 11.7 Å². The minimum Gasteiger partial charge on any atom is -0.323 e. The Hall–Kier alpha value is -1.86. The molecule has 0 aliphatic carbocycles. The first-order valence-corrected chi connectivity index (χ1v) is 8.31. The lowest BCUT2D eigenvalue weighted by Gasteiger charge is -2.12. The van der Waals surface area contributed by atoms with Gasteiger partial charge >= 0.3 is 0 Å². The molecule has 1 saturated heterocycles. The number of nitrogens with zero attached hydrogens (tertiary/aromatic N) is 2. The van der Waals surface area contributed by atoms with E-state index in [0.717, 1.165) is 17.0 Å². The molecule has 21 heavy (non-hydrogen) atoms. The summed E-state index contributed by atoms with van der Waals surface area (Å²) in [5.41, 5.74) is 1.85. The van der Waals surface area contributed by atoms with Crippen molar-refractivity contribution < 1.29 is 9.59 Å². The molecule has 7 heteroatoms. The molecule has 1 aliphatic heterocycles. The summed E-state index contributed by atoms with van der Waals surface area (Å²) in [6.07, 6.45) is 0. The molecule has 1 fully saturated rings. The summed E-state index contributed by atoms with van der Waals surface area (Å²) in [5, 5.41) is 5.17. The molecule has 2 amide bonds. The second kappa shape index (κ2) is 6.28. The van der Waals surface area contributed by atoms with Crippen molar-refractivity contribution in [1.82, 2.24) is 9.88 Å². The fraction of sp³-hybridized carbons (Fsp3) is 0.214. The Morgan fingerprint density at radius 1 is 1.33 bits per heavy atom. The highest BCUT2D eigenvalue weighted by Gasteiger charge is 2.23. The zero-order chi connectivity index (χ0) is 14.7. The van der Waals surface area contributed by atoms with Crippen LogP contribution in [0, 0.1) is 0 Å². The van der Waals surface area contributed by atoms with Gasteiger partial charge in [-0.1, -0.05) is 42.1 Å². The smallest absolute Gasteiger partial charge is 0.282 e. The molecule has 1 N–H and O–H groups in total. The lowest BCUT2D eigenvalue weighted by Crippen LogP contribution is -2.33. The molecule has 0 spiro atoms. The van der Waals surface area contributed by atoms with Crippen molar-refractivity contribution in [3.05, 3.63) is 35.7 Å². The first kappa shape index (κ1) is 14.1. The van der Waals surface area contributed by atoms with E-state index in [1.807, 2.05) is 35.7 Å². The largest absolute Gasteiger partial charge is 0.323 e. The number of carbonyl (C=O) groups excluding carboxylic acids is 2. The fourth-order valence-electron chi connectivity index (χ4n) is 1.97. The highest BCUT2D eigenvalue weighted by molar-refractivity contribution is 8.13. The average molecular weight is 319 g/mol. The third-order valence-corrected chi connectivity index (χ3v) is 4.65. The molecule has 0 radical (unpaired) electrons. The molecule has 0 atom stereocenters. The van der Waals surface area contributed by atoms with Gasteiger partial charge in [-0.05, 0) is 0 Å². The predicted molar refractivity (Wildman–Crippen MR) is 85.6 cm³/mol. The molecule has 1 aliphatic rings. The molecule has 2 aromatic rings. The van der Waals surface area contributed by atoms with Crippen LogP contribution in [0.1, 0.15) is 0 Å². The molecular weight excluding hydrogens is 306 g/mol. The maximum absolute atomic E-state index is 11.9. The summed E-state index contributed by atoms with van der Waals surface area (Å²) >= 11 is 2.63. The Kier molecular flexibility index (Phi) is 4.21. The van der Waals surface area contributed by atoms with Crippen molar-refractivity contribution in [3.63, 3.8) is 0 Å². The van der Waals surface area contributed by atoms with Crippen LogP contribution < -0.4 is 5.32 Å². The van der Waals surface area contributed by atoms with Crippen molar-refractivity contribution in [1.29, 1.82) is 0 Å². The standard InChI is InChI=1S/C14H13N3O2S2/c18-12(8-17-6-7-20-14(17)19)16-13-15-11(9-21-13)10-4-2-1-3-5-10/h1-5,9H,6-8H2,(H,15,16,18). The Balaban J connectivity index is 1.62. The Morgan fingerprint density at radius 3 is 2.86 bits per heavy atom. The van der Waals surface area contributed by atoms with Crippen molar-refractivity contribution in [2.45, 2.75) is 0 Å². The van der Waals surface area contributed by atoms with E-state index < -0.39 is 0 Å². The molecule has 5 nitrogen and oxygen atoms in total. The van der Waals surface area contributed by atoms with E-state index in [1.54, 1.807) is 4.90 Å². The zero-order valence-corrected chi connectivity index (χ0v) is 12.7. The van der Waals surface area contributed by atoms with Crippen LogP contribution in [0.15, 0.2) is 35.7 Å². The normalized spacial score (nSPS) is 14.5. The molecule has 0 bridgehead atoms. The number of thiazole rings is 1. The van der Waals surface area contributed by atoms with Crippen LogP contribution >= 0.6 is 23.1 Å². The zero-order valence-electron chi connectivity index (χ0n) is 11.1. The second-order valence-corrected chi connectivity index (χ2v) is 6.39. The van der Waals surface area contributed by atoms with Crippen LogP contribution in [0.3, 0.4) is 0 Å². The number of aromatic nitrogens is 1. The quantitative estimate of drug-likeness (QED) is 0.941. The van der Waals surface area contributed by atoms with Crippen LogP contribution in [0.25, 0.3) is 11.3 Å². The van der Waals surface area contributed by atoms with Crippen molar-refractivity contribution in [3.8, 4) is 11.3 Å². The number of benzene rings is 1. The number of anilines is 1. The van der Waals surface area contributed by atoms with Gasteiger partial charge in [-0.3, -0.25) is 9.59 Å². The third kappa shape index (κ3) is 3.43. The van der Waals surface area contributed by atoms with Crippen molar-refractivity contribution in [2.24, 2.45) is 0 Å². The van der Waals surface area contributed by atoms with E-state index in [9.17, 15) is 9.59 Å². The molecule has 1 aromatic heterocycles. The highest BCUT2D eigenvalue weighted by atomic mass is 32.2. The maximum Gasteiger partial charge on any atom is 0.282 e. The van der Waals surface area contributed by atoms with Gasteiger partial charge in [-0.25, -0.2) is 4.98 Å². The molecule has 3 rings (SSSR count). The number of rotatable bonds is 4. The molecule has 0 unspecified atom stereocenters. The van der Waals surface area contributed by atoms with Gasteiger partial charge in [0.15, 0.2) is 5.13 Å². The summed E-state index contributed by atoms with van der Waals surface area (Å²) in [6.45, 7) is 0.718. The van der Waals surface area contributed by atoms with Crippen LogP contribution in [-0.2, 0) is 4.79 Å². The maximum atomic E-state index is 11.9. The SMILES string of the molecule is O=C(CN1CCSC1=O)Nc1nc(-c2ccccc2)cs1. The highest BCUT2D eigenvalue weighted by Crippen LogP contribution is 2.24. The first-order chi connectivity index (χ1) is 10.2. The monoisotopic (exact) mass is 319 g/mol. The number of carbonyl (C=O) groups is 2. The van der Waals surface area contributed by atoms with E-state index in [4.69, 9.17) is 0 Å². The van der Waals surface area contributed by atoms with E-state index in [2.05, 4.69) is 10.3 Å². The van der Waals surface area contributed by atoms with Crippen molar-refractivity contribution in [2.75, 3.05) is 24.2 Å².